The molecule has 1 aliphatic rings. The van der Waals surface area contributed by atoms with Crippen molar-refractivity contribution in [2.45, 2.75) is 63.3 Å². The van der Waals surface area contributed by atoms with Crippen LogP contribution < -0.4 is 5.56 Å². The van der Waals surface area contributed by atoms with Gasteiger partial charge >= 0.3 is 0 Å². The molecule has 0 unspecified atom stereocenters. The van der Waals surface area contributed by atoms with Crippen molar-refractivity contribution < 1.29 is 0 Å². The fraction of sp³-hybridized carbons (Fsp3) is 0.417. The van der Waals surface area contributed by atoms with Crippen LogP contribution >= 0.6 is 23.1 Å². The number of nitrogens with zero attached hydrogens (tertiary/aromatic N) is 3. The number of fused-ring (bicyclic) bond motifs is 1. The first-order valence-electron chi connectivity index (χ1n) is 11.2. The Balaban J connectivity index is 1.30. The van der Waals surface area contributed by atoms with Gasteiger partial charge < -0.3 is 4.98 Å². The average Bonchev–Trinajstić information content (AvgIpc) is 3.51. The lowest BCUT2D eigenvalue weighted by molar-refractivity contribution is 0.497. The Morgan fingerprint density at radius 2 is 1.88 bits per heavy atom. The minimum Gasteiger partial charge on any atom is -0.309 e. The zero-order valence-electron chi connectivity index (χ0n) is 18.4. The van der Waals surface area contributed by atoms with E-state index in [0.29, 0.717) is 22.1 Å². The molecule has 0 spiro atoms. The van der Waals surface area contributed by atoms with E-state index in [0.717, 1.165) is 39.0 Å². The molecule has 0 radical (unpaired) electrons. The minimum atomic E-state index is -0.0854. The highest BCUT2D eigenvalue weighted by Gasteiger charge is 2.18. The van der Waals surface area contributed by atoms with Gasteiger partial charge in [0.1, 0.15) is 16.5 Å². The van der Waals surface area contributed by atoms with Gasteiger partial charge in [-0.2, -0.15) is 0 Å². The van der Waals surface area contributed by atoms with Crippen LogP contribution in [-0.4, -0.2) is 25.1 Å². The van der Waals surface area contributed by atoms with Crippen molar-refractivity contribution in [3.63, 3.8) is 0 Å². The summed E-state index contributed by atoms with van der Waals surface area (Å²) in [6.45, 7) is 4.11. The summed E-state index contributed by atoms with van der Waals surface area (Å²) in [5.74, 6) is 2.98. The van der Waals surface area contributed by atoms with Gasteiger partial charge in [-0.05, 0) is 31.7 Å². The molecule has 5 rings (SSSR count). The monoisotopic (exact) mass is 465 g/mol. The van der Waals surface area contributed by atoms with Crippen LogP contribution in [0.15, 0.2) is 34.2 Å². The highest BCUT2D eigenvalue weighted by molar-refractivity contribution is 7.98. The summed E-state index contributed by atoms with van der Waals surface area (Å²) in [5, 5.41) is 8.79. The number of benzene rings is 1. The Morgan fingerprint density at radius 3 is 2.66 bits per heavy atom. The van der Waals surface area contributed by atoms with Gasteiger partial charge in [0.2, 0.25) is 5.16 Å². The van der Waals surface area contributed by atoms with Gasteiger partial charge in [0, 0.05) is 16.9 Å². The van der Waals surface area contributed by atoms with Gasteiger partial charge in [-0.1, -0.05) is 67.3 Å². The SMILES string of the molecule is Cc1ccc(-c2c(C)sc3nc(CSc4n[nH]c(CCC5CCCC5)n4)[nH]c(=O)c23)cc1. The smallest absolute Gasteiger partial charge is 0.260 e. The molecule has 3 aromatic heterocycles. The maximum absolute atomic E-state index is 13.0. The normalized spacial score (nSPS) is 14.6. The van der Waals surface area contributed by atoms with E-state index in [1.54, 1.807) is 11.3 Å². The maximum atomic E-state index is 13.0. The lowest BCUT2D eigenvalue weighted by Gasteiger charge is -2.05. The average molecular weight is 466 g/mol. The molecule has 3 heterocycles. The first-order chi connectivity index (χ1) is 15.6. The third-order valence-corrected chi connectivity index (χ3v) is 8.10. The summed E-state index contributed by atoms with van der Waals surface area (Å²) in [7, 11) is 0. The Hall–Kier alpha value is -2.45. The third-order valence-electron chi connectivity index (χ3n) is 6.24. The Labute approximate surface area is 195 Å². The van der Waals surface area contributed by atoms with Crippen LogP contribution in [0.25, 0.3) is 21.3 Å². The van der Waals surface area contributed by atoms with Crippen LogP contribution in [0.1, 0.15) is 54.2 Å². The summed E-state index contributed by atoms with van der Waals surface area (Å²) in [5.41, 5.74) is 3.15. The predicted octanol–water partition coefficient (Wildman–Crippen LogP) is 5.80. The van der Waals surface area contributed by atoms with Gasteiger partial charge in [0.15, 0.2) is 0 Å². The van der Waals surface area contributed by atoms with Crippen molar-refractivity contribution in [1.82, 2.24) is 25.1 Å². The number of hydrogen-bond acceptors (Lipinski definition) is 6. The van der Waals surface area contributed by atoms with Crippen molar-refractivity contribution in [3.05, 3.63) is 56.7 Å². The summed E-state index contributed by atoms with van der Waals surface area (Å²) >= 11 is 3.07. The second kappa shape index (κ2) is 9.19. The van der Waals surface area contributed by atoms with Crippen molar-refractivity contribution in [2.75, 3.05) is 0 Å². The summed E-state index contributed by atoms with van der Waals surface area (Å²) in [6, 6.07) is 8.29. The van der Waals surface area contributed by atoms with Crippen LogP contribution in [0.3, 0.4) is 0 Å². The molecule has 2 N–H and O–H groups in total. The molecule has 0 aliphatic heterocycles. The van der Waals surface area contributed by atoms with Gasteiger partial charge in [-0.25, -0.2) is 9.97 Å². The molecular weight excluding hydrogens is 438 g/mol. The van der Waals surface area contributed by atoms with Crippen LogP contribution in [-0.2, 0) is 12.2 Å². The van der Waals surface area contributed by atoms with E-state index in [4.69, 9.17) is 4.98 Å². The van der Waals surface area contributed by atoms with Gasteiger partial charge in [0.05, 0.1) is 11.1 Å². The fourth-order valence-electron chi connectivity index (χ4n) is 4.53. The number of nitrogens with one attached hydrogen (secondary N) is 2. The van der Waals surface area contributed by atoms with E-state index < -0.39 is 0 Å². The van der Waals surface area contributed by atoms with Gasteiger partial charge in [0.25, 0.3) is 5.56 Å². The van der Waals surface area contributed by atoms with E-state index in [2.05, 4.69) is 58.3 Å². The quantitative estimate of drug-likeness (QED) is 0.337. The number of aryl methyl sites for hydroxylation is 3. The lowest BCUT2D eigenvalue weighted by atomic mass is 10.0. The molecule has 1 saturated carbocycles. The molecule has 32 heavy (non-hydrogen) atoms. The van der Waals surface area contributed by atoms with Crippen molar-refractivity contribution >= 4 is 33.3 Å². The molecule has 0 amide bonds. The molecule has 166 valence electrons. The zero-order valence-corrected chi connectivity index (χ0v) is 20.0. The van der Waals surface area contributed by atoms with Crippen LogP contribution in [0.4, 0.5) is 0 Å². The molecule has 8 heteroatoms. The Kier molecular flexibility index (Phi) is 6.15. The molecule has 0 bridgehead atoms. The van der Waals surface area contributed by atoms with E-state index in [1.807, 2.05) is 0 Å². The second-order valence-corrected chi connectivity index (χ2v) is 10.8. The number of thioether (sulfide) groups is 1. The number of aromatic amines is 2. The van der Waals surface area contributed by atoms with E-state index in [9.17, 15) is 4.79 Å². The van der Waals surface area contributed by atoms with Gasteiger partial charge in [-0.3, -0.25) is 9.89 Å². The Bertz CT molecular complexity index is 1280. The highest BCUT2D eigenvalue weighted by atomic mass is 32.2. The van der Waals surface area contributed by atoms with Crippen LogP contribution in [0.5, 0.6) is 0 Å². The molecule has 1 fully saturated rings. The Morgan fingerprint density at radius 1 is 1.09 bits per heavy atom. The minimum absolute atomic E-state index is 0.0854. The number of H-pyrrole nitrogens is 2. The highest BCUT2D eigenvalue weighted by Crippen LogP contribution is 2.36. The summed E-state index contributed by atoms with van der Waals surface area (Å²) in [4.78, 5) is 27.2. The van der Waals surface area contributed by atoms with Crippen molar-refractivity contribution in [1.29, 1.82) is 0 Å². The van der Waals surface area contributed by atoms with Crippen molar-refractivity contribution in [3.8, 4) is 11.1 Å². The lowest BCUT2D eigenvalue weighted by Crippen LogP contribution is -2.10. The predicted molar refractivity (Wildman–Crippen MR) is 131 cm³/mol. The summed E-state index contributed by atoms with van der Waals surface area (Å²) in [6.07, 6.45) is 7.58. The number of aromatic nitrogens is 5. The standard InChI is InChI=1S/C24H27N5OS2/c1-14-7-10-17(11-8-14)20-15(2)32-23-21(20)22(30)25-19(26-23)13-31-24-27-18(28-29-24)12-9-16-5-3-4-6-16/h7-8,10-11,16H,3-6,9,12-13H2,1-2H3,(H,25,26,30)(H,27,28,29). The molecule has 4 aromatic rings. The van der Waals surface area contributed by atoms with Crippen LogP contribution in [0.2, 0.25) is 0 Å². The zero-order chi connectivity index (χ0) is 22.1. The molecule has 1 aliphatic carbocycles. The van der Waals surface area contributed by atoms with Gasteiger partial charge in [-0.15, -0.1) is 16.4 Å². The first-order valence-corrected chi connectivity index (χ1v) is 13.0. The number of hydrogen-bond donors (Lipinski definition) is 2. The largest absolute Gasteiger partial charge is 0.309 e. The second-order valence-electron chi connectivity index (χ2n) is 8.63. The molecular formula is C24H27N5OS2. The number of rotatable bonds is 7. The molecule has 0 atom stereocenters. The van der Waals surface area contributed by atoms with Crippen molar-refractivity contribution in [2.24, 2.45) is 5.92 Å². The maximum Gasteiger partial charge on any atom is 0.260 e. The third kappa shape index (κ3) is 4.52. The van der Waals surface area contributed by atoms with Crippen LogP contribution in [0, 0.1) is 19.8 Å². The molecule has 0 saturated heterocycles. The molecule has 6 nitrogen and oxygen atoms in total. The van der Waals surface area contributed by atoms with E-state index in [1.165, 1.54) is 49.4 Å². The topological polar surface area (TPSA) is 87.3 Å². The molecule has 1 aromatic carbocycles. The first kappa shape index (κ1) is 21.4. The number of thiophene rings is 1. The van der Waals surface area contributed by atoms with E-state index in [-0.39, 0.29) is 5.56 Å². The fourth-order valence-corrected chi connectivity index (χ4v) is 6.28. The summed E-state index contributed by atoms with van der Waals surface area (Å²) < 4.78 is 0. The van der Waals surface area contributed by atoms with E-state index >= 15 is 0 Å².